The highest BCUT2D eigenvalue weighted by molar-refractivity contribution is 5.76. The molecule has 0 saturated carbocycles. The SMILES string of the molecule is CCOC(=O)C(Cc1ccccc1)NCCCN=[N+]=[N-]. The fourth-order valence-electron chi connectivity index (χ4n) is 1.80. The van der Waals surface area contributed by atoms with Gasteiger partial charge in [-0.25, -0.2) is 0 Å². The molecule has 0 saturated heterocycles. The van der Waals surface area contributed by atoms with Crippen molar-refractivity contribution in [1.29, 1.82) is 0 Å². The maximum atomic E-state index is 11.9. The molecule has 1 aromatic rings. The van der Waals surface area contributed by atoms with Crippen LogP contribution in [0.3, 0.4) is 0 Å². The Morgan fingerprint density at radius 2 is 2.20 bits per heavy atom. The molecule has 0 aliphatic carbocycles. The quantitative estimate of drug-likeness (QED) is 0.247. The Balaban J connectivity index is 2.51. The summed E-state index contributed by atoms with van der Waals surface area (Å²) in [5.74, 6) is -0.250. The van der Waals surface area contributed by atoms with Gasteiger partial charge in [-0.15, -0.1) is 0 Å². The van der Waals surface area contributed by atoms with Crippen LogP contribution < -0.4 is 5.32 Å². The molecule has 108 valence electrons. The summed E-state index contributed by atoms with van der Waals surface area (Å²) in [6.45, 7) is 3.18. The van der Waals surface area contributed by atoms with Crippen LogP contribution in [0.5, 0.6) is 0 Å². The number of nitrogens with one attached hydrogen (secondary N) is 1. The molecule has 20 heavy (non-hydrogen) atoms. The molecule has 0 aromatic heterocycles. The van der Waals surface area contributed by atoms with Crippen molar-refractivity contribution in [3.05, 3.63) is 46.3 Å². The van der Waals surface area contributed by atoms with E-state index in [0.29, 0.717) is 32.5 Å². The number of hydrogen-bond acceptors (Lipinski definition) is 4. The van der Waals surface area contributed by atoms with Crippen molar-refractivity contribution in [2.45, 2.75) is 25.8 Å². The molecular weight excluding hydrogens is 256 g/mol. The van der Waals surface area contributed by atoms with Gasteiger partial charge in [-0.2, -0.15) is 0 Å². The molecule has 0 bridgehead atoms. The number of carbonyl (C=O) groups is 1. The number of ether oxygens (including phenoxy) is 1. The van der Waals surface area contributed by atoms with E-state index in [-0.39, 0.29) is 12.0 Å². The lowest BCUT2D eigenvalue weighted by atomic mass is 10.1. The van der Waals surface area contributed by atoms with E-state index in [0.717, 1.165) is 5.56 Å². The third-order valence-electron chi connectivity index (χ3n) is 2.74. The molecular formula is C14H20N4O2. The first-order chi connectivity index (χ1) is 9.77. The summed E-state index contributed by atoms with van der Waals surface area (Å²) in [7, 11) is 0. The second kappa shape index (κ2) is 9.83. The first-order valence-corrected chi connectivity index (χ1v) is 6.72. The van der Waals surface area contributed by atoms with Gasteiger partial charge in [0.25, 0.3) is 0 Å². The minimum atomic E-state index is -0.372. The second-order valence-electron chi connectivity index (χ2n) is 4.26. The van der Waals surface area contributed by atoms with Gasteiger partial charge in [-0.05, 0) is 37.4 Å². The van der Waals surface area contributed by atoms with E-state index < -0.39 is 0 Å². The van der Waals surface area contributed by atoms with Crippen molar-refractivity contribution in [3.63, 3.8) is 0 Å². The van der Waals surface area contributed by atoms with Crippen LogP contribution in [0.4, 0.5) is 0 Å². The summed E-state index contributed by atoms with van der Waals surface area (Å²) < 4.78 is 5.07. The van der Waals surface area contributed by atoms with Crippen LogP contribution in [0.25, 0.3) is 10.4 Å². The highest BCUT2D eigenvalue weighted by Gasteiger charge is 2.19. The number of benzene rings is 1. The van der Waals surface area contributed by atoms with Crippen molar-refractivity contribution in [2.75, 3.05) is 19.7 Å². The van der Waals surface area contributed by atoms with Gasteiger partial charge in [0.1, 0.15) is 6.04 Å². The number of carbonyl (C=O) groups excluding carboxylic acids is 1. The molecule has 1 unspecified atom stereocenters. The monoisotopic (exact) mass is 276 g/mol. The van der Waals surface area contributed by atoms with Crippen LogP contribution in [0.15, 0.2) is 35.4 Å². The minimum absolute atomic E-state index is 0.250. The fraction of sp³-hybridized carbons (Fsp3) is 0.500. The second-order valence-corrected chi connectivity index (χ2v) is 4.26. The predicted octanol–water partition coefficient (Wildman–Crippen LogP) is 2.45. The third kappa shape index (κ3) is 6.22. The summed E-state index contributed by atoms with van der Waals surface area (Å²) in [4.78, 5) is 14.6. The zero-order valence-electron chi connectivity index (χ0n) is 11.7. The Labute approximate surface area is 118 Å². The molecule has 1 atom stereocenters. The molecule has 0 heterocycles. The van der Waals surface area contributed by atoms with Gasteiger partial charge in [0.15, 0.2) is 0 Å². The maximum Gasteiger partial charge on any atom is 0.323 e. The molecule has 0 amide bonds. The highest BCUT2D eigenvalue weighted by Crippen LogP contribution is 2.05. The van der Waals surface area contributed by atoms with Gasteiger partial charge in [0, 0.05) is 11.5 Å². The van der Waals surface area contributed by atoms with Gasteiger partial charge in [-0.3, -0.25) is 4.79 Å². The number of azide groups is 1. The van der Waals surface area contributed by atoms with E-state index in [1.54, 1.807) is 6.92 Å². The Hall–Kier alpha value is -2.04. The molecule has 0 radical (unpaired) electrons. The van der Waals surface area contributed by atoms with Crippen molar-refractivity contribution in [1.82, 2.24) is 5.32 Å². The number of rotatable bonds is 9. The first kappa shape index (κ1) is 16.0. The normalized spacial score (nSPS) is 11.4. The minimum Gasteiger partial charge on any atom is -0.465 e. The van der Waals surface area contributed by atoms with E-state index in [9.17, 15) is 4.79 Å². The van der Waals surface area contributed by atoms with Crippen molar-refractivity contribution in [2.24, 2.45) is 5.11 Å². The van der Waals surface area contributed by atoms with Crippen LogP contribution >= 0.6 is 0 Å². The Morgan fingerprint density at radius 1 is 1.45 bits per heavy atom. The zero-order chi connectivity index (χ0) is 14.6. The lowest BCUT2D eigenvalue weighted by Gasteiger charge is -2.17. The molecule has 0 fully saturated rings. The van der Waals surface area contributed by atoms with E-state index in [2.05, 4.69) is 15.3 Å². The molecule has 1 N–H and O–H groups in total. The van der Waals surface area contributed by atoms with E-state index in [4.69, 9.17) is 10.3 Å². The van der Waals surface area contributed by atoms with E-state index in [1.807, 2.05) is 30.3 Å². The van der Waals surface area contributed by atoms with Gasteiger partial charge in [0.2, 0.25) is 0 Å². The Morgan fingerprint density at radius 3 is 2.85 bits per heavy atom. The summed E-state index contributed by atoms with van der Waals surface area (Å²) in [6.07, 6.45) is 1.27. The summed E-state index contributed by atoms with van der Waals surface area (Å²) in [5, 5.41) is 6.61. The standard InChI is InChI=1S/C14H20N4O2/c1-2-20-14(19)13(16-9-6-10-17-18-15)11-12-7-4-3-5-8-12/h3-5,7-8,13,16H,2,6,9-11H2,1H3. The smallest absolute Gasteiger partial charge is 0.323 e. The van der Waals surface area contributed by atoms with Crippen molar-refractivity contribution < 1.29 is 9.53 Å². The molecule has 0 spiro atoms. The van der Waals surface area contributed by atoms with Crippen LogP contribution in [-0.4, -0.2) is 31.7 Å². The highest BCUT2D eigenvalue weighted by atomic mass is 16.5. The maximum absolute atomic E-state index is 11.9. The average molecular weight is 276 g/mol. The molecule has 0 aliphatic rings. The first-order valence-electron chi connectivity index (χ1n) is 6.72. The van der Waals surface area contributed by atoms with Crippen LogP contribution in [0, 0.1) is 0 Å². The number of hydrogen-bond donors (Lipinski definition) is 1. The van der Waals surface area contributed by atoms with E-state index in [1.165, 1.54) is 0 Å². The topological polar surface area (TPSA) is 87.1 Å². The Bertz CT molecular complexity index is 444. The van der Waals surface area contributed by atoms with Gasteiger partial charge in [-0.1, -0.05) is 35.4 Å². The average Bonchev–Trinajstić information content (AvgIpc) is 2.47. The lowest BCUT2D eigenvalue weighted by Crippen LogP contribution is -2.40. The molecule has 0 aliphatic heterocycles. The van der Waals surface area contributed by atoms with Crippen LogP contribution in [0.1, 0.15) is 18.9 Å². The lowest BCUT2D eigenvalue weighted by molar-refractivity contribution is -0.145. The predicted molar refractivity (Wildman–Crippen MR) is 77.2 cm³/mol. The molecule has 1 aromatic carbocycles. The summed E-state index contributed by atoms with van der Waals surface area (Å²) >= 11 is 0. The van der Waals surface area contributed by atoms with Crippen molar-refractivity contribution >= 4 is 5.97 Å². The fourth-order valence-corrected chi connectivity index (χ4v) is 1.80. The number of esters is 1. The van der Waals surface area contributed by atoms with Gasteiger partial charge in [0.05, 0.1) is 6.61 Å². The van der Waals surface area contributed by atoms with E-state index >= 15 is 0 Å². The van der Waals surface area contributed by atoms with Gasteiger partial charge >= 0.3 is 5.97 Å². The largest absolute Gasteiger partial charge is 0.465 e. The zero-order valence-corrected chi connectivity index (χ0v) is 11.7. The summed E-state index contributed by atoms with van der Waals surface area (Å²) in [5.41, 5.74) is 9.27. The van der Waals surface area contributed by atoms with Crippen molar-refractivity contribution in [3.8, 4) is 0 Å². The molecule has 1 rings (SSSR count). The molecule has 6 nitrogen and oxygen atoms in total. The molecule has 6 heteroatoms. The summed E-state index contributed by atoms with van der Waals surface area (Å²) in [6, 6.07) is 9.42. The number of nitrogens with zero attached hydrogens (tertiary/aromatic N) is 3. The third-order valence-corrected chi connectivity index (χ3v) is 2.74. The van der Waals surface area contributed by atoms with Crippen LogP contribution in [0.2, 0.25) is 0 Å². The Kier molecular flexibility index (Phi) is 7.87. The van der Waals surface area contributed by atoms with Gasteiger partial charge < -0.3 is 10.1 Å². The van der Waals surface area contributed by atoms with Crippen LogP contribution in [-0.2, 0) is 16.0 Å².